The van der Waals surface area contributed by atoms with Crippen molar-refractivity contribution in [3.05, 3.63) is 34.8 Å². The Labute approximate surface area is 166 Å². The first-order valence-electron chi connectivity index (χ1n) is 9.34. The van der Waals surface area contributed by atoms with Gasteiger partial charge in [-0.2, -0.15) is 5.10 Å². The fourth-order valence-electron chi connectivity index (χ4n) is 3.26. The van der Waals surface area contributed by atoms with Gasteiger partial charge in [0.25, 0.3) is 0 Å². The van der Waals surface area contributed by atoms with Gasteiger partial charge in [-0.3, -0.25) is 0 Å². The normalized spacial score (nSPS) is 20.6. The van der Waals surface area contributed by atoms with E-state index in [2.05, 4.69) is 41.1 Å². The maximum atomic E-state index is 5.74. The van der Waals surface area contributed by atoms with Crippen LogP contribution in [0.5, 0.6) is 0 Å². The van der Waals surface area contributed by atoms with Crippen LogP contribution in [-0.2, 0) is 16.2 Å². The van der Waals surface area contributed by atoms with Gasteiger partial charge in [0.15, 0.2) is 6.61 Å². The molecule has 2 aromatic heterocycles. The van der Waals surface area contributed by atoms with E-state index >= 15 is 0 Å². The van der Waals surface area contributed by atoms with Crippen LogP contribution in [-0.4, -0.2) is 45.2 Å². The third-order valence-corrected chi connectivity index (χ3v) is 5.16. The summed E-state index contributed by atoms with van der Waals surface area (Å²) in [4.78, 5) is 16.4. The number of halogens is 1. The molecule has 8 nitrogen and oxygen atoms in total. The van der Waals surface area contributed by atoms with Crippen LogP contribution in [0.4, 0.5) is 5.95 Å². The molecule has 9 heteroatoms. The third-order valence-electron chi connectivity index (χ3n) is 4.75. The minimum Gasteiger partial charge on any atom is -0.389 e. The van der Waals surface area contributed by atoms with E-state index in [1.54, 1.807) is 12.4 Å². The zero-order valence-corrected chi connectivity index (χ0v) is 16.7. The van der Waals surface area contributed by atoms with Crippen LogP contribution in [0.3, 0.4) is 0 Å². The lowest BCUT2D eigenvalue weighted by molar-refractivity contribution is -0.0400. The predicted molar refractivity (Wildman–Crippen MR) is 104 cm³/mol. The summed E-state index contributed by atoms with van der Waals surface area (Å²) in [6.45, 7) is 2.88. The lowest BCUT2D eigenvalue weighted by Gasteiger charge is -2.27. The number of rotatable bonds is 5. The molecule has 0 bridgehead atoms. The van der Waals surface area contributed by atoms with Crippen molar-refractivity contribution in [2.75, 3.05) is 24.6 Å². The standard InChI is InChI=1S/C18H23BrN6O2/c19-14-11-20-18(21-12-14)24-7-4-15(5-8-24)23-27-13-16-6-9-25(22-16)17-3-1-2-10-26-17/h6,9,11-12,17H,1-5,7-8,10,13H2. The first kappa shape index (κ1) is 18.4. The Hall–Kier alpha value is -2.00. The molecule has 4 heterocycles. The molecule has 2 aliphatic heterocycles. The van der Waals surface area contributed by atoms with E-state index in [0.717, 1.165) is 67.2 Å². The molecule has 0 N–H and O–H groups in total. The van der Waals surface area contributed by atoms with E-state index in [4.69, 9.17) is 9.57 Å². The van der Waals surface area contributed by atoms with Crippen LogP contribution in [0.2, 0.25) is 0 Å². The van der Waals surface area contributed by atoms with E-state index in [-0.39, 0.29) is 6.23 Å². The van der Waals surface area contributed by atoms with E-state index in [9.17, 15) is 0 Å². The molecule has 2 saturated heterocycles. The zero-order valence-electron chi connectivity index (χ0n) is 15.1. The van der Waals surface area contributed by atoms with Gasteiger partial charge in [0, 0.05) is 51.1 Å². The van der Waals surface area contributed by atoms with Crippen LogP contribution in [0, 0.1) is 0 Å². The first-order valence-corrected chi connectivity index (χ1v) is 10.1. The summed E-state index contributed by atoms with van der Waals surface area (Å²) in [6, 6.07) is 1.96. The second kappa shape index (κ2) is 8.79. The molecule has 0 radical (unpaired) electrons. The van der Waals surface area contributed by atoms with Crippen molar-refractivity contribution in [1.82, 2.24) is 19.7 Å². The highest BCUT2D eigenvalue weighted by Gasteiger charge is 2.18. The second-order valence-corrected chi connectivity index (χ2v) is 7.64. The quantitative estimate of drug-likeness (QED) is 0.671. The van der Waals surface area contributed by atoms with Crippen molar-refractivity contribution in [1.29, 1.82) is 0 Å². The number of hydrogen-bond acceptors (Lipinski definition) is 7. The Bertz CT molecular complexity index is 762. The Kier molecular flexibility index (Phi) is 5.98. The number of hydrogen-bond donors (Lipinski definition) is 0. The summed E-state index contributed by atoms with van der Waals surface area (Å²) in [7, 11) is 0. The maximum Gasteiger partial charge on any atom is 0.225 e. The van der Waals surface area contributed by atoms with Crippen molar-refractivity contribution in [3.63, 3.8) is 0 Å². The smallest absolute Gasteiger partial charge is 0.225 e. The zero-order chi connectivity index (χ0) is 18.5. The van der Waals surface area contributed by atoms with Gasteiger partial charge in [-0.1, -0.05) is 5.16 Å². The third kappa shape index (κ3) is 4.84. The molecule has 0 aliphatic carbocycles. The van der Waals surface area contributed by atoms with Crippen molar-refractivity contribution in [2.45, 2.75) is 44.9 Å². The van der Waals surface area contributed by atoms with Gasteiger partial charge in [0.2, 0.25) is 5.95 Å². The van der Waals surface area contributed by atoms with Crippen LogP contribution < -0.4 is 4.90 Å². The molecule has 1 unspecified atom stereocenters. The fraction of sp³-hybridized carbons (Fsp3) is 0.556. The lowest BCUT2D eigenvalue weighted by atomic mass is 10.1. The Balaban J connectivity index is 1.24. The first-order chi connectivity index (χ1) is 13.3. The van der Waals surface area contributed by atoms with Crippen LogP contribution in [0.25, 0.3) is 0 Å². The fourth-order valence-corrected chi connectivity index (χ4v) is 3.47. The van der Waals surface area contributed by atoms with Crippen LogP contribution in [0.15, 0.2) is 34.3 Å². The summed E-state index contributed by atoms with van der Waals surface area (Å²) in [5, 5.41) is 8.85. The van der Waals surface area contributed by atoms with Crippen molar-refractivity contribution in [2.24, 2.45) is 5.16 Å². The van der Waals surface area contributed by atoms with E-state index in [0.29, 0.717) is 6.61 Å². The van der Waals surface area contributed by atoms with Gasteiger partial charge < -0.3 is 14.5 Å². The number of anilines is 1. The van der Waals surface area contributed by atoms with Crippen molar-refractivity contribution in [3.8, 4) is 0 Å². The molecule has 144 valence electrons. The Morgan fingerprint density at radius 2 is 2.04 bits per heavy atom. The molecule has 27 heavy (non-hydrogen) atoms. The summed E-state index contributed by atoms with van der Waals surface area (Å²) >= 11 is 3.36. The molecule has 4 rings (SSSR count). The number of ether oxygens (including phenoxy) is 1. The number of nitrogens with zero attached hydrogens (tertiary/aromatic N) is 6. The largest absolute Gasteiger partial charge is 0.389 e. The minimum absolute atomic E-state index is 0.0592. The summed E-state index contributed by atoms with van der Waals surface area (Å²) in [5.74, 6) is 0.758. The van der Waals surface area contributed by atoms with E-state index in [1.165, 1.54) is 6.42 Å². The van der Waals surface area contributed by atoms with E-state index in [1.807, 2.05) is 16.9 Å². The number of aromatic nitrogens is 4. The molecule has 0 aromatic carbocycles. The average Bonchev–Trinajstić information content (AvgIpc) is 3.19. The Morgan fingerprint density at radius 1 is 1.22 bits per heavy atom. The molecular formula is C18H23BrN6O2. The Morgan fingerprint density at radius 3 is 2.78 bits per heavy atom. The van der Waals surface area contributed by atoms with Gasteiger partial charge in [-0.15, -0.1) is 0 Å². The van der Waals surface area contributed by atoms with Crippen LogP contribution in [0.1, 0.15) is 44.0 Å². The van der Waals surface area contributed by atoms with Crippen molar-refractivity contribution < 1.29 is 9.57 Å². The summed E-state index contributed by atoms with van der Waals surface area (Å²) in [6.07, 6.45) is 10.6. The molecule has 2 fully saturated rings. The topological polar surface area (TPSA) is 77.7 Å². The second-order valence-electron chi connectivity index (χ2n) is 6.73. The minimum atomic E-state index is 0.0592. The number of oxime groups is 1. The highest BCUT2D eigenvalue weighted by Crippen LogP contribution is 2.22. The highest BCUT2D eigenvalue weighted by molar-refractivity contribution is 9.10. The maximum absolute atomic E-state index is 5.74. The molecular weight excluding hydrogens is 412 g/mol. The summed E-state index contributed by atoms with van der Waals surface area (Å²) in [5.41, 5.74) is 1.94. The SMILES string of the molecule is Brc1cnc(N2CCC(=NOCc3ccn(C4CCCCO4)n3)CC2)nc1. The predicted octanol–water partition coefficient (Wildman–Crippen LogP) is 3.31. The van der Waals surface area contributed by atoms with Gasteiger partial charge in [0.05, 0.1) is 10.2 Å². The van der Waals surface area contributed by atoms with E-state index < -0.39 is 0 Å². The van der Waals surface area contributed by atoms with Gasteiger partial charge in [-0.25, -0.2) is 14.6 Å². The van der Waals surface area contributed by atoms with Gasteiger partial charge in [-0.05, 0) is 41.3 Å². The monoisotopic (exact) mass is 434 g/mol. The molecule has 0 saturated carbocycles. The lowest BCUT2D eigenvalue weighted by Crippen LogP contribution is -2.35. The van der Waals surface area contributed by atoms with Gasteiger partial charge >= 0.3 is 0 Å². The number of piperidine rings is 1. The molecule has 2 aliphatic rings. The molecule has 0 spiro atoms. The molecule has 1 atom stereocenters. The highest BCUT2D eigenvalue weighted by atomic mass is 79.9. The van der Waals surface area contributed by atoms with Gasteiger partial charge in [0.1, 0.15) is 11.9 Å². The van der Waals surface area contributed by atoms with Crippen LogP contribution >= 0.6 is 15.9 Å². The van der Waals surface area contributed by atoms with Crippen molar-refractivity contribution >= 4 is 27.6 Å². The molecule has 2 aromatic rings. The molecule has 0 amide bonds. The average molecular weight is 435 g/mol. The summed E-state index contributed by atoms with van der Waals surface area (Å²) < 4.78 is 8.52.